The molecule has 0 saturated carbocycles. The van der Waals surface area contributed by atoms with Crippen LogP contribution in [0.2, 0.25) is 5.02 Å². The number of nitrogens with zero attached hydrogens (tertiary/aromatic N) is 2. The maximum atomic E-state index is 12.9. The third-order valence-corrected chi connectivity index (χ3v) is 6.77. The quantitative estimate of drug-likeness (QED) is 0.446. The Morgan fingerprint density at radius 1 is 1.22 bits per heavy atom. The molecule has 4 rings (SSSR count). The van der Waals surface area contributed by atoms with Gasteiger partial charge in [0.05, 0.1) is 23.4 Å². The molecule has 0 atom stereocenters. The summed E-state index contributed by atoms with van der Waals surface area (Å²) in [6.07, 6.45) is 5.54. The molecule has 1 amide bonds. The first kappa shape index (κ1) is 17.8. The molecule has 4 nitrogen and oxygen atoms in total. The normalized spacial score (nSPS) is 11.8. The molecule has 0 saturated heterocycles. The monoisotopic (exact) mass is 412 g/mol. The summed E-state index contributed by atoms with van der Waals surface area (Å²) in [4.78, 5) is 18.1. The van der Waals surface area contributed by atoms with Crippen LogP contribution < -0.4 is 9.54 Å². The zero-order chi connectivity index (χ0) is 19.0. The lowest BCUT2D eigenvalue weighted by Gasteiger charge is -2.05. The van der Waals surface area contributed by atoms with Gasteiger partial charge in [-0.3, -0.25) is 4.79 Å². The first-order chi connectivity index (χ1) is 13.1. The van der Waals surface area contributed by atoms with Crippen LogP contribution in [0.5, 0.6) is 5.75 Å². The van der Waals surface area contributed by atoms with Crippen molar-refractivity contribution >= 4 is 60.5 Å². The van der Waals surface area contributed by atoms with Gasteiger partial charge in [0.25, 0.3) is 5.91 Å². The highest BCUT2D eigenvalue weighted by Crippen LogP contribution is 2.35. The van der Waals surface area contributed by atoms with Crippen molar-refractivity contribution in [3.05, 3.63) is 57.2 Å². The highest BCUT2D eigenvalue weighted by molar-refractivity contribution is 7.21. The van der Waals surface area contributed by atoms with Crippen LogP contribution >= 0.6 is 34.3 Å². The van der Waals surface area contributed by atoms with Gasteiger partial charge in [-0.05, 0) is 18.2 Å². The lowest BCUT2D eigenvalue weighted by molar-refractivity contribution is 0.100. The van der Waals surface area contributed by atoms with E-state index in [4.69, 9.17) is 22.8 Å². The lowest BCUT2D eigenvalue weighted by atomic mass is 10.2. The Kier molecular flexibility index (Phi) is 4.75. The molecular formula is C20H13ClN2O2S2. The zero-order valence-corrected chi connectivity index (χ0v) is 16.6. The molecule has 0 aliphatic heterocycles. The molecule has 2 aromatic carbocycles. The molecule has 7 heteroatoms. The van der Waals surface area contributed by atoms with Gasteiger partial charge in [-0.15, -0.1) is 17.8 Å². The minimum atomic E-state index is -0.377. The number of aromatic nitrogens is 1. The van der Waals surface area contributed by atoms with Crippen LogP contribution in [0.25, 0.3) is 20.3 Å². The predicted octanol–water partition coefficient (Wildman–Crippen LogP) is 4.95. The van der Waals surface area contributed by atoms with Crippen LogP contribution in [0.4, 0.5) is 0 Å². The number of halogens is 1. The predicted molar refractivity (Wildman–Crippen MR) is 112 cm³/mol. The Morgan fingerprint density at radius 2 is 2.00 bits per heavy atom. The van der Waals surface area contributed by atoms with Gasteiger partial charge in [-0.2, -0.15) is 4.99 Å². The molecule has 4 aromatic rings. The van der Waals surface area contributed by atoms with Gasteiger partial charge in [0.15, 0.2) is 4.80 Å². The molecule has 0 spiro atoms. The average molecular weight is 413 g/mol. The van der Waals surface area contributed by atoms with Gasteiger partial charge in [0.1, 0.15) is 16.1 Å². The summed E-state index contributed by atoms with van der Waals surface area (Å²) in [5.74, 6) is 2.93. The van der Waals surface area contributed by atoms with Crippen LogP contribution in [-0.4, -0.2) is 17.6 Å². The van der Waals surface area contributed by atoms with E-state index in [0.717, 1.165) is 20.3 Å². The maximum Gasteiger partial charge on any atom is 0.291 e. The van der Waals surface area contributed by atoms with Crippen molar-refractivity contribution in [2.75, 3.05) is 7.11 Å². The Bertz CT molecular complexity index is 1290. The van der Waals surface area contributed by atoms with E-state index in [0.29, 0.717) is 20.5 Å². The van der Waals surface area contributed by atoms with E-state index in [2.05, 4.69) is 10.9 Å². The number of carbonyl (C=O) groups is 1. The summed E-state index contributed by atoms with van der Waals surface area (Å²) in [6.45, 7) is 0.284. The van der Waals surface area contributed by atoms with Crippen molar-refractivity contribution in [3.63, 3.8) is 0 Å². The summed E-state index contributed by atoms with van der Waals surface area (Å²) in [6, 6.07) is 13.3. The number of terminal acetylenes is 1. The Labute approximate surface area is 168 Å². The molecule has 134 valence electrons. The van der Waals surface area contributed by atoms with Gasteiger partial charge >= 0.3 is 0 Å². The molecule has 0 aliphatic carbocycles. The number of para-hydroxylation sites is 1. The summed E-state index contributed by atoms with van der Waals surface area (Å²) >= 11 is 9.15. The SMILES string of the molecule is C#CCn1c(=NC(=O)c2sc3ccccc3c2Cl)sc2cccc(OC)c21. The fraction of sp³-hybridized carbons (Fsp3) is 0.100. The second-order valence-corrected chi connectivity index (χ2v) is 8.08. The van der Waals surface area contributed by atoms with E-state index in [1.807, 2.05) is 47.0 Å². The standard InChI is InChI=1S/C20H13ClN2O2S2/c1-3-11-23-17-13(25-2)8-6-10-15(17)27-20(23)22-19(24)18-16(21)12-7-4-5-9-14(12)26-18/h1,4-10H,11H2,2H3. The number of carbonyl (C=O) groups excluding carboxylic acids is 1. The third kappa shape index (κ3) is 3.04. The van der Waals surface area contributed by atoms with E-state index in [-0.39, 0.29) is 12.5 Å². The van der Waals surface area contributed by atoms with Crippen LogP contribution in [-0.2, 0) is 6.54 Å². The van der Waals surface area contributed by atoms with Gasteiger partial charge in [-0.1, -0.05) is 53.1 Å². The number of rotatable bonds is 3. The minimum absolute atomic E-state index is 0.284. The van der Waals surface area contributed by atoms with Crippen molar-refractivity contribution in [2.24, 2.45) is 4.99 Å². The fourth-order valence-electron chi connectivity index (χ4n) is 2.87. The molecule has 0 bridgehead atoms. The Hall–Kier alpha value is -2.59. The molecule has 0 N–H and O–H groups in total. The van der Waals surface area contributed by atoms with Gasteiger partial charge in [0, 0.05) is 10.1 Å². The number of thiophene rings is 1. The second kappa shape index (κ2) is 7.20. The van der Waals surface area contributed by atoms with Gasteiger partial charge < -0.3 is 9.30 Å². The van der Waals surface area contributed by atoms with Gasteiger partial charge in [-0.25, -0.2) is 0 Å². The summed E-state index contributed by atoms with van der Waals surface area (Å²) in [5.41, 5.74) is 0.830. The Morgan fingerprint density at radius 3 is 2.74 bits per heavy atom. The number of ether oxygens (including phenoxy) is 1. The number of benzene rings is 2. The average Bonchev–Trinajstić information content (AvgIpc) is 3.20. The van der Waals surface area contributed by atoms with E-state index >= 15 is 0 Å². The highest BCUT2D eigenvalue weighted by atomic mass is 35.5. The molecular weight excluding hydrogens is 400 g/mol. The molecule has 27 heavy (non-hydrogen) atoms. The number of thiazole rings is 1. The van der Waals surface area contributed by atoms with Crippen LogP contribution in [0.15, 0.2) is 47.5 Å². The van der Waals surface area contributed by atoms with Crippen LogP contribution in [0.1, 0.15) is 9.67 Å². The number of methoxy groups -OCH3 is 1. The largest absolute Gasteiger partial charge is 0.495 e. The van der Waals surface area contributed by atoms with Crippen LogP contribution in [0.3, 0.4) is 0 Å². The molecule has 0 radical (unpaired) electrons. The van der Waals surface area contributed by atoms with E-state index in [1.54, 1.807) is 7.11 Å². The Balaban J connectivity index is 1.91. The third-order valence-electron chi connectivity index (χ3n) is 4.06. The smallest absolute Gasteiger partial charge is 0.291 e. The summed E-state index contributed by atoms with van der Waals surface area (Å²) < 4.78 is 9.16. The van der Waals surface area contributed by atoms with Crippen molar-refractivity contribution in [2.45, 2.75) is 6.54 Å². The molecule has 2 heterocycles. The van der Waals surface area contributed by atoms with E-state index in [9.17, 15) is 4.79 Å². The van der Waals surface area contributed by atoms with Gasteiger partial charge in [0.2, 0.25) is 0 Å². The number of hydrogen-bond acceptors (Lipinski definition) is 4. The van der Waals surface area contributed by atoms with Crippen molar-refractivity contribution in [1.82, 2.24) is 4.57 Å². The highest BCUT2D eigenvalue weighted by Gasteiger charge is 2.18. The molecule has 0 aliphatic rings. The zero-order valence-electron chi connectivity index (χ0n) is 14.2. The topological polar surface area (TPSA) is 43.6 Å². The number of hydrogen-bond donors (Lipinski definition) is 0. The lowest BCUT2D eigenvalue weighted by Crippen LogP contribution is -2.16. The van der Waals surface area contributed by atoms with Crippen molar-refractivity contribution in [3.8, 4) is 18.1 Å². The van der Waals surface area contributed by atoms with Crippen LogP contribution in [0, 0.1) is 12.3 Å². The second-order valence-electron chi connectivity index (χ2n) is 5.64. The van der Waals surface area contributed by atoms with Crippen molar-refractivity contribution < 1.29 is 9.53 Å². The molecule has 0 fully saturated rings. The molecule has 2 aromatic heterocycles. The maximum absolute atomic E-state index is 12.9. The fourth-order valence-corrected chi connectivity index (χ4v) is 5.32. The summed E-state index contributed by atoms with van der Waals surface area (Å²) in [5, 5.41) is 1.30. The number of amides is 1. The van der Waals surface area contributed by atoms with E-state index < -0.39 is 0 Å². The minimum Gasteiger partial charge on any atom is -0.495 e. The first-order valence-electron chi connectivity index (χ1n) is 8.00. The first-order valence-corrected chi connectivity index (χ1v) is 10.0. The number of fused-ring (bicyclic) bond motifs is 2. The van der Waals surface area contributed by atoms with E-state index in [1.165, 1.54) is 22.7 Å². The van der Waals surface area contributed by atoms with Crippen molar-refractivity contribution in [1.29, 1.82) is 0 Å². The summed E-state index contributed by atoms with van der Waals surface area (Å²) in [7, 11) is 1.60. The molecule has 0 unspecified atom stereocenters.